The van der Waals surface area contributed by atoms with E-state index in [9.17, 15) is 9.36 Å². The molecule has 0 bridgehead atoms. The summed E-state index contributed by atoms with van der Waals surface area (Å²) in [7, 11) is 4.70. The first kappa shape index (κ1) is 15.7. The summed E-state index contributed by atoms with van der Waals surface area (Å²) in [5, 5.41) is 0. The van der Waals surface area contributed by atoms with Crippen molar-refractivity contribution in [3.8, 4) is 5.75 Å². The van der Waals surface area contributed by atoms with Crippen LogP contribution in [0.1, 0.15) is 10.4 Å². The molecule has 0 amide bonds. The minimum absolute atomic E-state index is 0.236. The molecule has 0 radical (unpaired) electrons. The van der Waals surface area contributed by atoms with E-state index >= 15 is 0 Å². The highest BCUT2D eigenvalue weighted by Gasteiger charge is 2.32. The fourth-order valence-electron chi connectivity index (χ4n) is 1.47. The van der Waals surface area contributed by atoms with Crippen LogP contribution in [0.2, 0.25) is 0 Å². The summed E-state index contributed by atoms with van der Waals surface area (Å²) < 4.78 is 26.0. The van der Waals surface area contributed by atoms with Crippen molar-refractivity contribution in [1.82, 2.24) is 9.34 Å². The van der Waals surface area contributed by atoms with Crippen molar-refractivity contribution in [2.45, 2.75) is 0 Å². The van der Waals surface area contributed by atoms with Gasteiger partial charge >= 0.3 is 13.6 Å². The standard InChI is InChI=1S/C12H19N2O4P/c1-13(2)19(16,14(3)4)18-11-9-7-6-8-10(11)12(15)17-5/h6-9H,1-5H3. The lowest BCUT2D eigenvalue weighted by molar-refractivity contribution is 0.0598. The number of benzene rings is 1. The van der Waals surface area contributed by atoms with Gasteiger partial charge in [-0.15, -0.1) is 0 Å². The van der Waals surface area contributed by atoms with Gasteiger partial charge in [-0.25, -0.2) is 18.7 Å². The van der Waals surface area contributed by atoms with Gasteiger partial charge in [0.05, 0.1) is 7.11 Å². The SMILES string of the molecule is COC(=O)c1ccccc1OP(=O)(N(C)C)N(C)C. The largest absolute Gasteiger partial charge is 0.465 e. The highest BCUT2D eigenvalue weighted by atomic mass is 31.2. The van der Waals surface area contributed by atoms with Gasteiger partial charge in [-0.05, 0) is 40.3 Å². The van der Waals surface area contributed by atoms with Crippen LogP contribution in [0.3, 0.4) is 0 Å². The molecule has 0 spiro atoms. The maximum Gasteiger partial charge on any atom is 0.394 e. The second-order valence-corrected chi connectivity index (χ2v) is 7.03. The van der Waals surface area contributed by atoms with E-state index in [4.69, 9.17) is 4.52 Å². The number of carbonyl (C=O) groups excluding carboxylic acids is 1. The number of esters is 1. The van der Waals surface area contributed by atoms with Gasteiger partial charge in [0, 0.05) is 0 Å². The number of hydrogen-bond acceptors (Lipinski definition) is 4. The van der Waals surface area contributed by atoms with Gasteiger partial charge in [0.1, 0.15) is 11.3 Å². The number of nitrogens with zero attached hydrogens (tertiary/aromatic N) is 2. The minimum atomic E-state index is -3.20. The van der Waals surface area contributed by atoms with Crippen molar-refractivity contribution < 1.29 is 18.6 Å². The van der Waals surface area contributed by atoms with E-state index in [0.29, 0.717) is 0 Å². The molecular formula is C12H19N2O4P. The van der Waals surface area contributed by atoms with Gasteiger partial charge in [0.15, 0.2) is 0 Å². The molecule has 6 nitrogen and oxygen atoms in total. The van der Waals surface area contributed by atoms with Crippen LogP contribution >= 0.6 is 7.67 Å². The fraction of sp³-hybridized carbons (Fsp3) is 0.417. The fourth-order valence-corrected chi connectivity index (χ4v) is 2.93. The topological polar surface area (TPSA) is 59.1 Å². The second-order valence-electron chi connectivity index (χ2n) is 4.26. The van der Waals surface area contributed by atoms with Crippen LogP contribution in [0.15, 0.2) is 24.3 Å². The zero-order chi connectivity index (χ0) is 14.6. The van der Waals surface area contributed by atoms with Crippen molar-refractivity contribution in [3.05, 3.63) is 29.8 Å². The molecule has 19 heavy (non-hydrogen) atoms. The third-order valence-electron chi connectivity index (χ3n) is 2.52. The lowest BCUT2D eigenvalue weighted by Gasteiger charge is -2.30. The quantitative estimate of drug-likeness (QED) is 0.610. The molecule has 7 heteroatoms. The molecule has 0 N–H and O–H groups in total. The van der Waals surface area contributed by atoms with Crippen LogP contribution in [0.4, 0.5) is 0 Å². The highest BCUT2D eigenvalue weighted by Crippen LogP contribution is 2.51. The number of rotatable bonds is 5. The Morgan fingerprint density at radius 3 is 2.11 bits per heavy atom. The van der Waals surface area contributed by atoms with Crippen LogP contribution in [-0.2, 0) is 9.30 Å². The first-order valence-corrected chi connectivity index (χ1v) is 7.18. The Labute approximate surface area is 113 Å². The predicted molar refractivity (Wildman–Crippen MR) is 73.4 cm³/mol. The average Bonchev–Trinajstić information content (AvgIpc) is 2.37. The summed E-state index contributed by atoms with van der Waals surface area (Å²) in [5.41, 5.74) is 0.244. The Morgan fingerprint density at radius 2 is 1.63 bits per heavy atom. The Bertz CT molecular complexity index is 490. The molecule has 0 aliphatic rings. The Balaban J connectivity index is 3.18. The first-order chi connectivity index (χ1) is 8.82. The molecule has 0 aromatic heterocycles. The van der Waals surface area contributed by atoms with Crippen LogP contribution in [0, 0.1) is 0 Å². The van der Waals surface area contributed by atoms with E-state index in [1.807, 2.05) is 0 Å². The monoisotopic (exact) mass is 286 g/mol. The van der Waals surface area contributed by atoms with Crippen LogP contribution < -0.4 is 4.52 Å². The number of hydrogen-bond donors (Lipinski definition) is 0. The summed E-state index contributed by atoms with van der Waals surface area (Å²) >= 11 is 0. The van der Waals surface area contributed by atoms with Gasteiger partial charge in [-0.1, -0.05) is 12.1 Å². The molecule has 0 saturated carbocycles. The summed E-state index contributed by atoms with van der Waals surface area (Å²) in [5.74, 6) is -0.292. The number of carbonyl (C=O) groups is 1. The van der Waals surface area contributed by atoms with Gasteiger partial charge in [-0.3, -0.25) is 0 Å². The average molecular weight is 286 g/mol. The molecule has 0 aliphatic carbocycles. The minimum Gasteiger partial charge on any atom is -0.465 e. The third kappa shape index (κ3) is 3.35. The maximum absolute atomic E-state index is 12.7. The first-order valence-electron chi connectivity index (χ1n) is 5.65. The highest BCUT2D eigenvalue weighted by molar-refractivity contribution is 7.54. The van der Waals surface area contributed by atoms with E-state index in [2.05, 4.69) is 4.74 Å². The van der Waals surface area contributed by atoms with Gasteiger partial charge in [0.2, 0.25) is 0 Å². The molecule has 0 unspecified atom stereocenters. The Kier molecular flexibility index (Phi) is 5.11. The molecule has 106 valence electrons. The van der Waals surface area contributed by atoms with Gasteiger partial charge in [0.25, 0.3) is 0 Å². The van der Waals surface area contributed by atoms with Crippen molar-refractivity contribution in [1.29, 1.82) is 0 Å². The lowest BCUT2D eigenvalue weighted by Crippen LogP contribution is -2.25. The van der Waals surface area contributed by atoms with Crippen LogP contribution in [0.5, 0.6) is 5.75 Å². The van der Waals surface area contributed by atoms with E-state index in [1.54, 1.807) is 52.5 Å². The molecule has 0 atom stereocenters. The Hall–Kier alpha value is -1.36. The zero-order valence-electron chi connectivity index (χ0n) is 11.8. The van der Waals surface area contributed by atoms with Crippen molar-refractivity contribution >= 4 is 13.6 Å². The van der Waals surface area contributed by atoms with Crippen molar-refractivity contribution in [3.63, 3.8) is 0 Å². The van der Waals surface area contributed by atoms with Gasteiger partial charge < -0.3 is 9.26 Å². The number of ether oxygens (including phenoxy) is 1. The van der Waals surface area contributed by atoms with Crippen molar-refractivity contribution in [2.24, 2.45) is 0 Å². The normalized spacial score (nSPS) is 11.7. The van der Waals surface area contributed by atoms with Crippen molar-refractivity contribution in [2.75, 3.05) is 35.3 Å². The molecule has 1 rings (SSSR count). The predicted octanol–water partition coefficient (Wildman–Crippen LogP) is 2.08. The van der Waals surface area contributed by atoms with E-state index in [1.165, 1.54) is 16.5 Å². The molecule has 0 heterocycles. The van der Waals surface area contributed by atoms with Crippen LogP contribution in [-0.4, -0.2) is 50.6 Å². The molecule has 0 fully saturated rings. The maximum atomic E-state index is 12.7. The molecule has 1 aromatic rings. The zero-order valence-corrected chi connectivity index (χ0v) is 12.7. The molecule has 0 saturated heterocycles. The molecule has 0 aliphatic heterocycles. The Morgan fingerprint density at radius 1 is 1.11 bits per heavy atom. The smallest absolute Gasteiger partial charge is 0.394 e. The lowest BCUT2D eigenvalue weighted by atomic mass is 10.2. The summed E-state index contributed by atoms with van der Waals surface area (Å²) in [6, 6.07) is 6.55. The summed E-state index contributed by atoms with van der Waals surface area (Å²) in [4.78, 5) is 11.6. The molecule has 1 aromatic carbocycles. The third-order valence-corrected chi connectivity index (χ3v) is 4.98. The summed E-state index contributed by atoms with van der Waals surface area (Å²) in [6.07, 6.45) is 0. The van der Waals surface area contributed by atoms with E-state index in [0.717, 1.165) is 0 Å². The van der Waals surface area contributed by atoms with Gasteiger partial charge in [-0.2, -0.15) is 0 Å². The van der Waals surface area contributed by atoms with E-state index < -0.39 is 13.6 Å². The second kappa shape index (κ2) is 6.19. The number of methoxy groups -OCH3 is 1. The van der Waals surface area contributed by atoms with E-state index in [-0.39, 0.29) is 11.3 Å². The number of para-hydroxylation sites is 1. The summed E-state index contributed by atoms with van der Waals surface area (Å²) in [6.45, 7) is 0. The van der Waals surface area contributed by atoms with Crippen LogP contribution in [0.25, 0.3) is 0 Å². The molecular weight excluding hydrogens is 267 g/mol.